The van der Waals surface area contributed by atoms with Crippen molar-refractivity contribution in [3.05, 3.63) is 58.7 Å². The largest absolute Gasteiger partial charge is 0.328 e. The van der Waals surface area contributed by atoms with Crippen LogP contribution in [0, 0.1) is 26.6 Å². The van der Waals surface area contributed by atoms with Gasteiger partial charge in [0.15, 0.2) is 5.82 Å². The van der Waals surface area contributed by atoms with Gasteiger partial charge in [-0.15, -0.1) is 0 Å². The average Bonchev–Trinajstić information content (AvgIpc) is 3.34. The van der Waals surface area contributed by atoms with Gasteiger partial charge in [0, 0.05) is 6.54 Å². The molecule has 3 aromatic rings. The van der Waals surface area contributed by atoms with Gasteiger partial charge in [0.05, 0.1) is 28.7 Å². The van der Waals surface area contributed by atoms with Crippen LogP contribution in [0.3, 0.4) is 0 Å². The number of aromatic amines is 1. The lowest BCUT2D eigenvalue weighted by atomic mass is 10.1. The molecule has 140 valence electrons. The molecule has 2 aromatic heterocycles. The predicted octanol–water partition coefficient (Wildman–Crippen LogP) is 3.03. The topological polar surface area (TPSA) is 79.7 Å². The minimum Gasteiger partial charge on any atom is -0.328 e. The number of H-pyrrole nitrogens is 1. The van der Waals surface area contributed by atoms with Crippen molar-refractivity contribution in [1.29, 1.82) is 0 Å². The first kappa shape index (κ1) is 17.4. The van der Waals surface area contributed by atoms with Crippen LogP contribution in [0.5, 0.6) is 0 Å². The molecule has 27 heavy (non-hydrogen) atoms. The fraction of sp³-hybridized carbons (Fsp3) is 0.368. The van der Waals surface area contributed by atoms with Gasteiger partial charge in [-0.25, -0.2) is 14.1 Å². The number of benzene rings is 1. The maximum Gasteiger partial charge on any atom is 0.258 e. The van der Waals surface area contributed by atoms with Gasteiger partial charge in [-0.05, 0) is 57.9 Å². The van der Waals surface area contributed by atoms with E-state index in [-0.39, 0.29) is 17.8 Å². The molecule has 8 heteroatoms. The molecule has 1 aliphatic rings. The van der Waals surface area contributed by atoms with E-state index in [1.54, 1.807) is 16.8 Å². The number of nitrogens with one attached hydrogen (secondary N) is 1. The number of aryl methyl sites for hydroxylation is 2. The van der Waals surface area contributed by atoms with E-state index >= 15 is 0 Å². The van der Waals surface area contributed by atoms with Crippen molar-refractivity contribution in [2.75, 3.05) is 6.54 Å². The highest BCUT2D eigenvalue weighted by molar-refractivity contribution is 5.97. The van der Waals surface area contributed by atoms with Gasteiger partial charge >= 0.3 is 0 Å². The van der Waals surface area contributed by atoms with Crippen LogP contribution in [-0.4, -0.2) is 42.3 Å². The van der Waals surface area contributed by atoms with E-state index in [1.807, 2.05) is 25.7 Å². The molecular weight excluding hydrogens is 347 g/mol. The highest BCUT2D eigenvalue weighted by atomic mass is 19.1. The second-order valence-electron chi connectivity index (χ2n) is 6.87. The lowest BCUT2D eigenvalue weighted by molar-refractivity contribution is 0.0728. The van der Waals surface area contributed by atoms with Gasteiger partial charge in [-0.1, -0.05) is 0 Å². The number of likely N-dealkylation sites (tertiary alicyclic amines) is 1. The van der Waals surface area contributed by atoms with Gasteiger partial charge in [-0.3, -0.25) is 9.89 Å². The molecule has 1 amide bonds. The molecule has 3 heterocycles. The molecule has 0 saturated carbocycles. The number of amides is 1. The minimum atomic E-state index is -0.307. The highest BCUT2D eigenvalue weighted by Crippen LogP contribution is 2.32. The van der Waals surface area contributed by atoms with Crippen molar-refractivity contribution in [3.8, 4) is 5.69 Å². The van der Waals surface area contributed by atoms with Crippen molar-refractivity contribution in [1.82, 2.24) is 29.9 Å². The molecule has 7 nitrogen and oxygen atoms in total. The van der Waals surface area contributed by atoms with Gasteiger partial charge in [-0.2, -0.15) is 10.2 Å². The second-order valence-corrected chi connectivity index (χ2v) is 6.87. The van der Waals surface area contributed by atoms with Crippen LogP contribution in [0.2, 0.25) is 0 Å². The van der Waals surface area contributed by atoms with Gasteiger partial charge < -0.3 is 4.90 Å². The summed E-state index contributed by atoms with van der Waals surface area (Å²) in [7, 11) is 0. The molecular formula is C19H21FN6O. The monoisotopic (exact) mass is 368 g/mol. The maximum absolute atomic E-state index is 13.3. The Labute approximate surface area is 156 Å². The zero-order valence-electron chi connectivity index (χ0n) is 15.5. The van der Waals surface area contributed by atoms with Crippen LogP contribution in [-0.2, 0) is 0 Å². The molecule has 1 atom stereocenters. The average molecular weight is 368 g/mol. The van der Waals surface area contributed by atoms with Gasteiger partial charge in [0.1, 0.15) is 11.6 Å². The van der Waals surface area contributed by atoms with Gasteiger partial charge in [0.2, 0.25) is 0 Å². The molecule has 1 aliphatic heterocycles. The van der Waals surface area contributed by atoms with E-state index in [0.29, 0.717) is 23.6 Å². The number of hydrogen-bond donors (Lipinski definition) is 1. The van der Waals surface area contributed by atoms with Crippen molar-refractivity contribution in [2.45, 2.75) is 39.7 Å². The number of hydrogen-bond acceptors (Lipinski definition) is 4. The van der Waals surface area contributed by atoms with E-state index in [2.05, 4.69) is 20.3 Å². The predicted molar refractivity (Wildman–Crippen MR) is 97.1 cm³/mol. The van der Waals surface area contributed by atoms with Crippen LogP contribution >= 0.6 is 0 Å². The Hall–Kier alpha value is -3.03. The molecule has 4 rings (SSSR count). The number of rotatable bonds is 3. The first-order chi connectivity index (χ1) is 13.0. The van der Waals surface area contributed by atoms with E-state index in [4.69, 9.17) is 0 Å². The number of aromatic nitrogens is 5. The van der Waals surface area contributed by atoms with Crippen molar-refractivity contribution in [2.24, 2.45) is 0 Å². The molecule has 1 N–H and O–H groups in total. The van der Waals surface area contributed by atoms with Gasteiger partial charge in [0.25, 0.3) is 5.91 Å². The summed E-state index contributed by atoms with van der Waals surface area (Å²) in [5, 5.41) is 11.6. The van der Waals surface area contributed by atoms with Crippen LogP contribution in [0.1, 0.15) is 52.3 Å². The number of nitrogens with zero attached hydrogens (tertiary/aromatic N) is 5. The lowest BCUT2D eigenvalue weighted by Crippen LogP contribution is -2.32. The zero-order valence-corrected chi connectivity index (χ0v) is 15.5. The van der Waals surface area contributed by atoms with Crippen LogP contribution < -0.4 is 0 Å². The van der Waals surface area contributed by atoms with Crippen molar-refractivity contribution in [3.63, 3.8) is 0 Å². The molecule has 0 bridgehead atoms. The summed E-state index contributed by atoms with van der Waals surface area (Å²) in [6.45, 7) is 6.19. The SMILES string of the molecule is Cc1nc(C2CCCN2C(=O)c2c(C)nn(-c3ccc(F)cc3)c2C)n[nH]1. The standard InChI is InChI=1S/C19H21FN6O/c1-11-17(12(2)26(24-11)15-8-6-14(20)7-9-15)19(27)25-10-4-5-16(25)18-21-13(3)22-23-18/h6-9,16H,4-5,10H2,1-3H3,(H,21,22,23). The third-order valence-electron chi connectivity index (χ3n) is 5.00. The second kappa shape index (κ2) is 6.61. The molecule has 0 radical (unpaired) electrons. The van der Waals surface area contributed by atoms with E-state index < -0.39 is 0 Å². The van der Waals surface area contributed by atoms with Crippen LogP contribution in [0.25, 0.3) is 5.69 Å². The summed E-state index contributed by atoms with van der Waals surface area (Å²) < 4.78 is 14.9. The fourth-order valence-electron chi connectivity index (χ4n) is 3.72. The van der Waals surface area contributed by atoms with Crippen molar-refractivity contribution < 1.29 is 9.18 Å². The Bertz CT molecular complexity index is 990. The normalized spacial score (nSPS) is 16.9. The zero-order chi connectivity index (χ0) is 19.1. The number of carbonyl (C=O) groups excluding carboxylic acids is 1. The first-order valence-corrected chi connectivity index (χ1v) is 8.97. The summed E-state index contributed by atoms with van der Waals surface area (Å²) in [4.78, 5) is 19.6. The summed E-state index contributed by atoms with van der Waals surface area (Å²) in [6.07, 6.45) is 1.75. The first-order valence-electron chi connectivity index (χ1n) is 8.97. The van der Waals surface area contributed by atoms with E-state index in [0.717, 1.165) is 30.0 Å². The smallest absolute Gasteiger partial charge is 0.258 e. The molecule has 0 aliphatic carbocycles. The van der Waals surface area contributed by atoms with E-state index in [1.165, 1.54) is 12.1 Å². The van der Waals surface area contributed by atoms with Crippen molar-refractivity contribution >= 4 is 5.91 Å². The Morgan fingerprint density at radius 3 is 2.63 bits per heavy atom. The van der Waals surface area contributed by atoms with E-state index in [9.17, 15) is 9.18 Å². The molecule has 1 fully saturated rings. The molecule has 1 saturated heterocycles. The number of halogens is 1. The third-order valence-corrected chi connectivity index (χ3v) is 5.00. The molecule has 1 unspecified atom stereocenters. The Morgan fingerprint density at radius 1 is 1.22 bits per heavy atom. The van der Waals surface area contributed by atoms with Crippen LogP contribution in [0.4, 0.5) is 4.39 Å². The summed E-state index contributed by atoms with van der Waals surface area (Å²) in [5.41, 5.74) is 2.69. The summed E-state index contributed by atoms with van der Waals surface area (Å²) >= 11 is 0. The summed E-state index contributed by atoms with van der Waals surface area (Å²) in [5.74, 6) is 1.02. The fourth-order valence-corrected chi connectivity index (χ4v) is 3.72. The Morgan fingerprint density at radius 2 is 1.96 bits per heavy atom. The summed E-state index contributed by atoms with van der Waals surface area (Å²) in [6, 6.07) is 5.94. The quantitative estimate of drug-likeness (QED) is 0.771. The number of carbonyl (C=O) groups is 1. The highest BCUT2D eigenvalue weighted by Gasteiger charge is 2.35. The lowest BCUT2D eigenvalue weighted by Gasteiger charge is -2.22. The Kier molecular flexibility index (Phi) is 4.25. The maximum atomic E-state index is 13.3. The minimum absolute atomic E-state index is 0.0664. The third kappa shape index (κ3) is 3.01. The Balaban J connectivity index is 1.68. The van der Waals surface area contributed by atoms with Crippen LogP contribution in [0.15, 0.2) is 24.3 Å². The molecule has 1 aromatic carbocycles. The molecule has 0 spiro atoms.